The van der Waals surface area contributed by atoms with E-state index < -0.39 is 39.4 Å². The first-order valence-corrected chi connectivity index (χ1v) is 8.81. The largest absolute Gasteiger partial charge is 0.520 e. The fourth-order valence-corrected chi connectivity index (χ4v) is 3.29. The zero-order valence-corrected chi connectivity index (χ0v) is 12.2. The lowest BCUT2D eigenvalue weighted by atomic mass is 10.3. The number of ether oxygens (including phenoxy) is 1. The number of alkyl halides is 6. The van der Waals surface area contributed by atoms with Gasteiger partial charge in [-0.2, -0.15) is 22.0 Å². The molecule has 1 atom stereocenters. The summed E-state index contributed by atoms with van der Waals surface area (Å²) in [5, 5.41) is 0. The average molecular weight is 326 g/mol. The number of hydrogen-bond acceptors (Lipinski definition) is 3. The molecule has 0 fully saturated rings. The van der Waals surface area contributed by atoms with E-state index >= 15 is 0 Å². The minimum atomic E-state index is -5.69. The molecule has 0 amide bonds. The van der Waals surface area contributed by atoms with E-state index in [0.717, 1.165) is 0 Å². The molecule has 0 aromatic rings. The van der Waals surface area contributed by atoms with E-state index in [0.29, 0.717) is 0 Å². The Balaban J connectivity index is 4.21. The van der Waals surface area contributed by atoms with Gasteiger partial charge in [0, 0.05) is 6.92 Å². The van der Waals surface area contributed by atoms with E-state index in [4.69, 9.17) is 4.43 Å². The van der Waals surface area contributed by atoms with E-state index in [1.54, 1.807) is 13.1 Å². The normalized spacial score (nSPS) is 15.1. The van der Waals surface area contributed by atoms with Crippen LogP contribution in [0.1, 0.15) is 13.3 Å². The SMILES string of the molecule is CC(=O)O[Si](C)(C)CCCOC(F)(F)C(F)C(F)(F)F. The summed E-state index contributed by atoms with van der Waals surface area (Å²) in [6.45, 7) is 3.71. The lowest BCUT2D eigenvalue weighted by Crippen LogP contribution is -2.44. The molecule has 0 heterocycles. The Bertz CT molecular complexity index is 331. The molecule has 0 aromatic carbocycles. The molecule has 0 N–H and O–H groups in total. The van der Waals surface area contributed by atoms with Crippen molar-refractivity contribution < 1.29 is 40.3 Å². The number of hydrogen-bond donors (Lipinski definition) is 0. The average Bonchev–Trinajstić information content (AvgIpc) is 2.20. The van der Waals surface area contributed by atoms with Gasteiger partial charge in [0.15, 0.2) is 0 Å². The minimum absolute atomic E-state index is 0.0628. The molecule has 0 saturated carbocycles. The highest BCUT2D eigenvalue weighted by molar-refractivity contribution is 6.72. The standard InChI is InChI=1S/C10H16F6O3Si/c1-7(17)19-20(2,3)6-4-5-18-10(15,16)8(11)9(12,13)14/h8H,4-6H2,1-3H3. The fourth-order valence-electron chi connectivity index (χ4n) is 1.41. The topological polar surface area (TPSA) is 35.5 Å². The predicted octanol–water partition coefficient (Wildman–Crippen LogP) is 3.65. The second-order valence-corrected chi connectivity index (χ2v) is 8.99. The Morgan fingerprint density at radius 1 is 1.20 bits per heavy atom. The van der Waals surface area contributed by atoms with Crippen molar-refractivity contribution in [2.75, 3.05) is 6.61 Å². The summed E-state index contributed by atoms with van der Waals surface area (Å²) in [4.78, 5) is 10.7. The number of rotatable bonds is 7. The lowest BCUT2D eigenvalue weighted by Gasteiger charge is -2.24. The van der Waals surface area contributed by atoms with Gasteiger partial charge in [0.25, 0.3) is 12.1 Å². The third-order valence-corrected chi connectivity index (χ3v) is 4.62. The monoisotopic (exact) mass is 326 g/mol. The van der Waals surface area contributed by atoms with Gasteiger partial charge in [-0.05, 0) is 25.6 Å². The van der Waals surface area contributed by atoms with Gasteiger partial charge in [-0.15, -0.1) is 0 Å². The van der Waals surface area contributed by atoms with Gasteiger partial charge in [0.2, 0.25) is 8.32 Å². The van der Waals surface area contributed by atoms with Crippen LogP contribution in [0.5, 0.6) is 0 Å². The maximum atomic E-state index is 12.8. The van der Waals surface area contributed by atoms with Crippen molar-refractivity contribution in [1.82, 2.24) is 0 Å². The van der Waals surface area contributed by atoms with E-state index in [2.05, 4.69) is 4.74 Å². The van der Waals surface area contributed by atoms with Crippen molar-refractivity contribution in [1.29, 1.82) is 0 Å². The Hall–Kier alpha value is -0.773. The van der Waals surface area contributed by atoms with Crippen LogP contribution in [-0.2, 0) is 14.0 Å². The number of carbonyl (C=O) groups excluding carboxylic acids is 1. The van der Waals surface area contributed by atoms with Crippen LogP contribution < -0.4 is 0 Å². The van der Waals surface area contributed by atoms with Gasteiger partial charge < -0.3 is 9.16 Å². The van der Waals surface area contributed by atoms with Crippen molar-refractivity contribution in [2.24, 2.45) is 0 Å². The van der Waals surface area contributed by atoms with Crippen LogP contribution in [0.2, 0.25) is 19.1 Å². The maximum Gasteiger partial charge on any atom is 0.428 e. The van der Waals surface area contributed by atoms with E-state index in [9.17, 15) is 31.1 Å². The van der Waals surface area contributed by atoms with Crippen molar-refractivity contribution in [3.63, 3.8) is 0 Å². The van der Waals surface area contributed by atoms with Crippen molar-refractivity contribution in [3.8, 4) is 0 Å². The molecule has 0 saturated heterocycles. The molecule has 3 nitrogen and oxygen atoms in total. The molecule has 20 heavy (non-hydrogen) atoms. The summed E-state index contributed by atoms with van der Waals surface area (Å²) in [5.74, 6) is -0.520. The third kappa shape index (κ3) is 7.13. The van der Waals surface area contributed by atoms with Gasteiger partial charge in [0.05, 0.1) is 6.61 Å². The zero-order chi connectivity index (χ0) is 16.2. The Labute approximate surface area is 113 Å². The second-order valence-electron chi connectivity index (χ2n) is 4.77. The van der Waals surface area contributed by atoms with E-state index in [1.807, 2.05) is 0 Å². The molecule has 10 heteroatoms. The van der Waals surface area contributed by atoms with Crippen LogP contribution >= 0.6 is 0 Å². The van der Waals surface area contributed by atoms with Crippen molar-refractivity contribution in [2.45, 2.75) is 50.9 Å². The summed E-state index contributed by atoms with van der Waals surface area (Å²) in [7, 11) is -2.42. The molecular weight excluding hydrogens is 310 g/mol. The van der Waals surface area contributed by atoms with Crippen LogP contribution in [0, 0.1) is 0 Å². The first kappa shape index (κ1) is 19.2. The first-order chi connectivity index (χ1) is 8.78. The van der Waals surface area contributed by atoms with Gasteiger partial charge in [0.1, 0.15) is 0 Å². The molecule has 0 aliphatic heterocycles. The number of halogens is 6. The summed E-state index contributed by atoms with van der Waals surface area (Å²) >= 11 is 0. The van der Waals surface area contributed by atoms with Crippen molar-refractivity contribution >= 4 is 14.3 Å². The molecule has 0 rings (SSSR count). The highest BCUT2D eigenvalue weighted by atomic mass is 28.4. The van der Waals surface area contributed by atoms with Crippen LogP contribution in [0.25, 0.3) is 0 Å². The van der Waals surface area contributed by atoms with Gasteiger partial charge in [-0.3, -0.25) is 4.79 Å². The molecule has 0 aliphatic rings. The summed E-state index contributed by atoms with van der Waals surface area (Å²) in [5.41, 5.74) is 0. The predicted molar refractivity (Wildman–Crippen MR) is 60.5 cm³/mol. The summed E-state index contributed by atoms with van der Waals surface area (Å²) in [6.07, 6.45) is -15.0. The van der Waals surface area contributed by atoms with E-state index in [-0.39, 0.29) is 12.5 Å². The Morgan fingerprint density at radius 2 is 1.70 bits per heavy atom. The third-order valence-electron chi connectivity index (χ3n) is 2.22. The smallest absolute Gasteiger partial charge is 0.428 e. The Kier molecular flexibility index (Phi) is 6.53. The quantitative estimate of drug-likeness (QED) is 0.407. The molecule has 0 aromatic heterocycles. The van der Waals surface area contributed by atoms with Gasteiger partial charge in [-0.1, -0.05) is 0 Å². The van der Waals surface area contributed by atoms with Crippen molar-refractivity contribution in [3.05, 3.63) is 0 Å². The molecule has 0 bridgehead atoms. The maximum absolute atomic E-state index is 12.8. The van der Waals surface area contributed by atoms with Gasteiger partial charge in [-0.25, -0.2) is 4.39 Å². The Morgan fingerprint density at radius 3 is 2.10 bits per heavy atom. The van der Waals surface area contributed by atoms with Crippen LogP contribution in [0.3, 0.4) is 0 Å². The van der Waals surface area contributed by atoms with Crippen LogP contribution in [-0.4, -0.2) is 39.4 Å². The van der Waals surface area contributed by atoms with E-state index in [1.165, 1.54) is 6.92 Å². The molecule has 0 radical (unpaired) electrons. The summed E-state index contributed by atoms with van der Waals surface area (Å²) in [6, 6.07) is 0.214. The van der Waals surface area contributed by atoms with Gasteiger partial charge >= 0.3 is 12.3 Å². The summed E-state index contributed by atoms with van der Waals surface area (Å²) < 4.78 is 82.0. The molecule has 1 unspecified atom stereocenters. The fraction of sp³-hybridized carbons (Fsp3) is 0.900. The van der Waals surface area contributed by atoms with Crippen LogP contribution in [0.15, 0.2) is 0 Å². The zero-order valence-electron chi connectivity index (χ0n) is 11.2. The minimum Gasteiger partial charge on any atom is -0.520 e. The highest BCUT2D eigenvalue weighted by Crippen LogP contribution is 2.35. The number of carbonyl (C=O) groups is 1. The first-order valence-electron chi connectivity index (χ1n) is 5.70. The molecular formula is C10H16F6O3Si. The lowest BCUT2D eigenvalue weighted by molar-refractivity contribution is -0.335. The van der Waals surface area contributed by atoms with Crippen LogP contribution in [0.4, 0.5) is 26.3 Å². The molecule has 0 spiro atoms. The second kappa shape index (κ2) is 6.79. The molecule has 0 aliphatic carbocycles. The molecule has 120 valence electrons. The highest BCUT2D eigenvalue weighted by Gasteiger charge is 2.58.